The van der Waals surface area contributed by atoms with Crippen LogP contribution >= 0.6 is 0 Å². The van der Waals surface area contributed by atoms with Crippen LogP contribution in [-0.2, 0) is 5.54 Å². The molecule has 1 aromatic heterocycles. The average molecular weight is 197 g/mol. The number of aromatic nitrogens is 2. The summed E-state index contributed by atoms with van der Waals surface area (Å²) in [6, 6.07) is 1.32. The van der Waals surface area contributed by atoms with Crippen molar-refractivity contribution in [1.29, 1.82) is 0 Å². The first-order chi connectivity index (χ1) is 6.53. The van der Waals surface area contributed by atoms with Gasteiger partial charge in [-0.25, -0.2) is 4.79 Å². The SMILES string of the molecule is CCC(C)(CN)n1ccc(=O)[nH]c1=O. The second-order valence-corrected chi connectivity index (χ2v) is 3.53. The summed E-state index contributed by atoms with van der Waals surface area (Å²) in [5, 5.41) is 0. The molecule has 78 valence electrons. The molecule has 0 saturated carbocycles. The van der Waals surface area contributed by atoms with E-state index in [1.54, 1.807) is 0 Å². The molecule has 1 unspecified atom stereocenters. The van der Waals surface area contributed by atoms with Gasteiger partial charge in [0.1, 0.15) is 0 Å². The standard InChI is InChI=1S/C9H15N3O2/c1-3-9(2,6-10)12-5-4-7(13)11-8(12)14/h4-5H,3,6,10H2,1-2H3,(H,11,13,14). The van der Waals surface area contributed by atoms with E-state index in [1.165, 1.54) is 16.8 Å². The van der Waals surface area contributed by atoms with Crippen LogP contribution in [0.25, 0.3) is 0 Å². The van der Waals surface area contributed by atoms with E-state index in [4.69, 9.17) is 5.73 Å². The van der Waals surface area contributed by atoms with Gasteiger partial charge in [-0.1, -0.05) is 6.92 Å². The number of nitrogens with one attached hydrogen (secondary N) is 1. The molecule has 3 N–H and O–H groups in total. The van der Waals surface area contributed by atoms with E-state index >= 15 is 0 Å². The molecule has 5 nitrogen and oxygen atoms in total. The van der Waals surface area contributed by atoms with Crippen LogP contribution in [0.1, 0.15) is 20.3 Å². The third-order valence-corrected chi connectivity index (χ3v) is 2.61. The molecule has 0 aliphatic heterocycles. The number of rotatable bonds is 3. The number of nitrogens with two attached hydrogens (primary N) is 1. The van der Waals surface area contributed by atoms with Gasteiger partial charge >= 0.3 is 5.69 Å². The fourth-order valence-corrected chi connectivity index (χ4v) is 1.26. The van der Waals surface area contributed by atoms with E-state index in [0.29, 0.717) is 6.54 Å². The molecule has 0 fully saturated rings. The number of H-pyrrole nitrogens is 1. The van der Waals surface area contributed by atoms with Crippen molar-refractivity contribution >= 4 is 0 Å². The molecule has 0 bridgehead atoms. The second kappa shape index (κ2) is 3.79. The van der Waals surface area contributed by atoms with Crippen LogP contribution in [0, 0.1) is 0 Å². The molecule has 0 aromatic carbocycles. The van der Waals surface area contributed by atoms with Crippen molar-refractivity contribution in [3.05, 3.63) is 33.1 Å². The maximum absolute atomic E-state index is 11.5. The van der Waals surface area contributed by atoms with E-state index in [1.807, 2.05) is 13.8 Å². The van der Waals surface area contributed by atoms with Gasteiger partial charge in [-0.2, -0.15) is 0 Å². The van der Waals surface area contributed by atoms with Crippen LogP contribution in [0.2, 0.25) is 0 Å². The largest absolute Gasteiger partial charge is 0.328 e. The highest BCUT2D eigenvalue weighted by molar-refractivity contribution is 4.91. The third-order valence-electron chi connectivity index (χ3n) is 2.61. The van der Waals surface area contributed by atoms with Gasteiger partial charge < -0.3 is 5.73 Å². The Hall–Kier alpha value is -1.36. The minimum Gasteiger partial charge on any atom is -0.328 e. The Morgan fingerprint density at radius 3 is 2.64 bits per heavy atom. The summed E-state index contributed by atoms with van der Waals surface area (Å²) in [6.07, 6.45) is 2.22. The maximum Gasteiger partial charge on any atom is 0.328 e. The van der Waals surface area contributed by atoms with Crippen molar-refractivity contribution in [2.24, 2.45) is 5.73 Å². The monoisotopic (exact) mass is 197 g/mol. The van der Waals surface area contributed by atoms with Crippen molar-refractivity contribution in [2.75, 3.05) is 6.54 Å². The smallest absolute Gasteiger partial charge is 0.328 e. The zero-order valence-corrected chi connectivity index (χ0v) is 8.41. The quantitative estimate of drug-likeness (QED) is 0.693. The van der Waals surface area contributed by atoms with Gasteiger partial charge in [-0.3, -0.25) is 14.3 Å². The predicted molar refractivity (Wildman–Crippen MR) is 54.3 cm³/mol. The molecular weight excluding hydrogens is 182 g/mol. The van der Waals surface area contributed by atoms with Gasteiger partial charge in [0.15, 0.2) is 0 Å². The summed E-state index contributed by atoms with van der Waals surface area (Å²) >= 11 is 0. The molecule has 1 atom stereocenters. The minimum absolute atomic E-state index is 0.357. The van der Waals surface area contributed by atoms with E-state index in [2.05, 4.69) is 4.98 Å². The van der Waals surface area contributed by atoms with E-state index in [0.717, 1.165) is 6.42 Å². The summed E-state index contributed by atoms with van der Waals surface area (Å²) in [6.45, 7) is 4.19. The van der Waals surface area contributed by atoms with Crippen molar-refractivity contribution in [2.45, 2.75) is 25.8 Å². The number of hydrogen-bond acceptors (Lipinski definition) is 3. The highest BCUT2D eigenvalue weighted by Crippen LogP contribution is 2.14. The molecule has 0 amide bonds. The lowest BCUT2D eigenvalue weighted by atomic mass is 9.99. The van der Waals surface area contributed by atoms with Gasteiger partial charge in [0.25, 0.3) is 5.56 Å². The summed E-state index contributed by atoms with van der Waals surface area (Å²) in [5.74, 6) is 0. The van der Waals surface area contributed by atoms with Crippen LogP contribution in [0.4, 0.5) is 0 Å². The Morgan fingerprint density at radius 1 is 1.57 bits per heavy atom. The number of nitrogens with zero attached hydrogens (tertiary/aromatic N) is 1. The molecule has 0 aliphatic carbocycles. The zero-order chi connectivity index (χ0) is 10.8. The number of aromatic amines is 1. The summed E-state index contributed by atoms with van der Waals surface area (Å²) in [4.78, 5) is 24.5. The van der Waals surface area contributed by atoms with Crippen LogP contribution in [0.3, 0.4) is 0 Å². The molecule has 0 aliphatic rings. The van der Waals surface area contributed by atoms with Crippen LogP contribution in [-0.4, -0.2) is 16.1 Å². The summed E-state index contributed by atoms with van der Waals surface area (Å²) in [7, 11) is 0. The van der Waals surface area contributed by atoms with Crippen molar-refractivity contribution in [3.8, 4) is 0 Å². The van der Waals surface area contributed by atoms with Crippen molar-refractivity contribution < 1.29 is 0 Å². The molecule has 1 rings (SSSR count). The van der Waals surface area contributed by atoms with Crippen LogP contribution < -0.4 is 17.0 Å². The minimum atomic E-state index is -0.429. The first-order valence-corrected chi connectivity index (χ1v) is 4.56. The van der Waals surface area contributed by atoms with Crippen molar-refractivity contribution in [1.82, 2.24) is 9.55 Å². The Morgan fingerprint density at radius 2 is 2.21 bits per heavy atom. The Balaban J connectivity index is 3.32. The van der Waals surface area contributed by atoms with Gasteiger partial charge in [-0.15, -0.1) is 0 Å². The van der Waals surface area contributed by atoms with Gasteiger partial charge in [0.05, 0.1) is 5.54 Å². The van der Waals surface area contributed by atoms with Crippen LogP contribution in [0.5, 0.6) is 0 Å². The van der Waals surface area contributed by atoms with E-state index in [-0.39, 0.29) is 5.56 Å². The van der Waals surface area contributed by atoms with Gasteiger partial charge in [0, 0.05) is 18.8 Å². The zero-order valence-electron chi connectivity index (χ0n) is 8.41. The topological polar surface area (TPSA) is 80.9 Å². The second-order valence-electron chi connectivity index (χ2n) is 3.53. The number of hydrogen-bond donors (Lipinski definition) is 2. The van der Waals surface area contributed by atoms with E-state index < -0.39 is 11.2 Å². The van der Waals surface area contributed by atoms with Gasteiger partial charge in [-0.05, 0) is 13.3 Å². The van der Waals surface area contributed by atoms with Crippen LogP contribution in [0.15, 0.2) is 21.9 Å². The fraction of sp³-hybridized carbons (Fsp3) is 0.556. The third kappa shape index (κ3) is 1.77. The fourth-order valence-electron chi connectivity index (χ4n) is 1.26. The Kier molecular flexibility index (Phi) is 2.90. The summed E-state index contributed by atoms with van der Waals surface area (Å²) in [5.41, 5.74) is 4.38. The Labute approximate surface area is 81.6 Å². The maximum atomic E-state index is 11.5. The highest BCUT2D eigenvalue weighted by Gasteiger charge is 2.23. The lowest BCUT2D eigenvalue weighted by Crippen LogP contribution is -2.45. The first kappa shape index (κ1) is 10.7. The molecule has 5 heteroatoms. The normalized spacial score (nSPS) is 15.1. The molecule has 1 aromatic rings. The molecule has 1 heterocycles. The lowest BCUT2D eigenvalue weighted by molar-refractivity contribution is 0.302. The van der Waals surface area contributed by atoms with Crippen molar-refractivity contribution in [3.63, 3.8) is 0 Å². The molecule has 0 saturated heterocycles. The van der Waals surface area contributed by atoms with E-state index in [9.17, 15) is 9.59 Å². The molecular formula is C9H15N3O2. The summed E-state index contributed by atoms with van der Waals surface area (Å²) < 4.78 is 1.47. The molecule has 14 heavy (non-hydrogen) atoms. The Bertz CT molecular complexity index is 415. The predicted octanol–water partition coefficient (Wildman–Crippen LogP) is -0.379. The highest BCUT2D eigenvalue weighted by atomic mass is 16.2. The molecule has 0 spiro atoms. The van der Waals surface area contributed by atoms with Gasteiger partial charge in [0.2, 0.25) is 0 Å². The lowest BCUT2D eigenvalue weighted by Gasteiger charge is -2.28. The molecule has 0 radical (unpaired) electrons. The average Bonchev–Trinajstić information content (AvgIpc) is 2.17. The first-order valence-electron chi connectivity index (χ1n) is 4.56.